The number of aryl methyl sites for hydroxylation is 1. The maximum absolute atomic E-state index is 12.4. The summed E-state index contributed by atoms with van der Waals surface area (Å²) in [5.74, 6) is 0.105. The summed E-state index contributed by atoms with van der Waals surface area (Å²) >= 11 is 0. The standard InChI is InChI=1S/C32H31NO/c1-22-3-5-24(6-4-22)26-9-12-30-28(19-26)20-27(23(2)34)21-31(30)25-7-10-29(11-8-25)32-13-16-33(17-14-32)18-15-32/h3-12,19-21H,13-18H2,1-2H3. The number of Topliss-reactive ketones (excluding diaryl/α,β-unsaturated/α-hetero) is 1. The molecule has 34 heavy (non-hydrogen) atoms. The first kappa shape index (κ1) is 21.3. The first-order valence-electron chi connectivity index (χ1n) is 12.5. The number of ketones is 1. The predicted molar refractivity (Wildman–Crippen MR) is 142 cm³/mol. The summed E-state index contributed by atoms with van der Waals surface area (Å²) in [5, 5.41) is 2.31. The Labute approximate surface area is 202 Å². The summed E-state index contributed by atoms with van der Waals surface area (Å²) in [7, 11) is 0. The molecule has 0 N–H and O–H groups in total. The van der Waals surface area contributed by atoms with E-state index >= 15 is 0 Å². The Bertz CT molecular complexity index is 1360. The van der Waals surface area contributed by atoms with Gasteiger partial charge in [0.1, 0.15) is 0 Å². The lowest BCUT2D eigenvalue weighted by atomic mass is 9.67. The number of carbonyl (C=O) groups excluding carboxylic acids is 1. The van der Waals surface area contributed by atoms with Crippen LogP contribution in [-0.4, -0.2) is 30.3 Å². The molecule has 7 rings (SSSR count). The van der Waals surface area contributed by atoms with E-state index in [0.717, 1.165) is 16.5 Å². The third-order valence-corrected chi connectivity index (χ3v) is 8.27. The van der Waals surface area contributed by atoms with Gasteiger partial charge in [0.15, 0.2) is 5.78 Å². The van der Waals surface area contributed by atoms with E-state index in [4.69, 9.17) is 0 Å². The highest BCUT2D eigenvalue weighted by atomic mass is 16.1. The molecule has 0 unspecified atom stereocenters. The van der Waals surface area contributed by atoms with Gasteiger partial charge in [-0.2, -0.15) is 0 Å². The summed E-state index contributed by atoms with van der Waals surface area (Å²) in [6.07, 6.45) is 3.82. The highest BCUT2D eigenvalue weighted by molar-refractivity contribution is 6.05. The summed E-state index contributed by atoms with van der Waals surface area (Å²) in [6, 6.07) is 28.6. The molecule has 0 amide bonds. The van der Waals surface area contributed by atoms with Crippen molar-refractivity contribution in [3.8, 4) is 22.3 Å². The van der Waals surface area contributed by atoms with E-state index in [2.05, 4.69) is 84.6 Å². The van der Waals surface area contributed by atoms with Crippen molar-refractivity contribution in [3.63, 3.8) is 0 Å². The second kappa shape index (κ2) is 8.21. The fourth-order valence-corrected chi connectivity index (χ4v) is 6.00. The number of nitrogens with zero attached hydrogens (tertiary/aromatic N) is 1. The molecule has 3 saturated heterocycles. The number of rotatable bonds is 4. The molecule has 3 heterocycles. The van der Waals surface area contributed by atoms with Crippen molar-refractivity contribution in [1.29, 1.82) is 0 Å². The molecule has 3 aliphatic rings. The van der Waals surface area contributed by atoms with Gasteiger partial charge in [-0.3, -0.25) is 4.79 Å². The highest BCUT2D eigenvalue weighted by Gasteiger charge is 2.40. The average molecular weight is 446 g/mol. The summed E-state index contributed by atoms with van der Waals surface area (Å²) in [6.45, 7) is 7.47. The molecule has 4 aromatic carbocycles. The normalized spacial score (nSPS) is 21.6. The number of carbonyl (C=O) groups is 1. The van der Waals surface area contributed by atoms with Gasteiger partial charge in [0.25, 0.3) is 0 Å². The average Bonchev–Trinajstić information content (AvgIpc) is 2.89. The van der Waals surface area contributed by atoms with Gasteiger partial charge >= 0.3 is 0 Å². The quantitative estimate of drug-likeness (QED) is 0.305. The molecular weight excluding hydrogens is 414 g/mol. The molecule has 0 radical (unpaired) electrons. The molecule has 2 nitrogen and oxygen atoms in total. The Morgan fingerprint density at radius 2 is 1.35 bits per heavy atom. The van der Waals surface area contributed by atoms with Gasteiger partial charge < -0.3 is 4.90 Å². The third kappa shape index (κ3) is 3.67. The topological polar surface area (TPSA) is 20.3 Å². The fraction of sp³-hybridized carbons (Fsp3) is 0.281. The molecule has 0 aromatic heterocycles. The first-order valence-corrected chi connectivity index (χ1v) is 12.5. The van der Waals surface area contributed by atoms with Crippen molar-refractivity contribution in [2.24, 2.45) is 0 Å². The Morgan fingerprint density at radius 1 is 0.735 bits per heavy atom. The minimum Gasteiger partial charge on any atom is -0.303 e. The summed E-state index contributed by atoms with van der Waals surface area (Å²) < 4.78 is 0. The number of benzene rings is 4. The Kier molecular flexibility index (Phi) is 5.15. The van der Waals surface area contributed by atoms with E-state index in [1.54, 1.807) is 6.92 Å². The largest absolute Gasteiger partial charge is 0.303 e. The van der Waals surface area contributed by atoms with Crippen LogP contribution in [0.5, 0.6) is 0 Å². The van der Waals surface area contributed by atoms with Crippen molar-refractivity contribution in [3.05, 3.63) is 95.6 Å². The summed E-state index contributed by atoms with van der Waals surface area (Å²) in [4.78, 5) is 15.0. The number of hydrogen-bond acceptors (Lipinski definition) is 2. The van der Waals surface area contributed by atoms with E-state index in [-0.39, 0.29) is 5.78 Å². The van der Waals surface area contributed by atoms with Crippen LogP contribution in [-0.2, 0) is 5.41 Å². The van der Waals surface area contributed by atoms with Crippen molar-refractivity contribution >= 4 is 16.6 Å². The molecule has 3 fully saturated rings. The molecule has 2 bridgehead atoms. The molecule has 170 valence electrons. The van der Waals surface area contributed by atoms with Crippen LogP contribution in [0.3, 0.4) is 0 Å². The lowest BCUT2D eigenvalue weighted by molar-refractivity contribution is 0.0818. The Hall–Kier alpha value is -3.23. The fourth-order valence-electron chi connectivity index (χ4n) is 6.00. The highest BCUT2D eigenvalue weighted by Crippen LogP contribution is 2.43. The van der Waals surface area contributed by atoms with Gasteiger partial charge in [0, 0.05) is 5.56 Å². The second-order valence-electron chi connectivity index (χ2n) is 10.3. The van der Waals surface area contributed by atoms with E-state index in [0.29, 0.717) is 5.41 Å². The minimum absolute atomic E-state index is 0.105. The van der Waals surface area contributed by atoms with Gasteiger partial charge in [0.2, 0.25) is 0 Å². The molecule has 0 atom stereocenters. The smallest absolute Gasteiger partial charge is 0.159 e. The van der Waals surface area contributed by atoms with Crippen LogP contribution in [0.1, 0.15) is 47.7 Å². The zero-order valence-corrected chi connectivity index (χ0v) is 20.1. The zero-order valence-electron chi connectivity index (χ0n) is 20.1. The first-order chi connectivity index (χ1) is 16.5. The maximum Gasteiger partial charge on any atom is 0.159 e. The predicted octanol–water partition coefficient (Wildman–Crippen LogP) is 7.42. The van der Waals surface area contributed by atoms with Crippen LogP contribution < -0.4 is 0 Å². The van der Waals surface area contributed by atoms with Gasteiger partial charge in [-0.1, -0.05) is 66.2 Å². The van der Waals surface area contributed by atoms with Crippen LogP contribution in [0.25, 0.3) is 33.0 Å². The number of fused-ring (bicyclic) bond motifs is 4. The maximum atomic E-state index is 12.4. The SMILES string of the molecule is CC(=O)c1cc(-c2ccc(C34CCN(CC3)CC4)cc2)c2ccc(-c3ccc(C)cc3)cc2c1. The lowest BCUT2D eigenvalue weighted by Gasteiger charge is -2.49. The van der Waals surface area contributed by atoms with Crippen molar-refractivity contribution in [1.82, 2.24) is 4.90 Å². The Morgan fingerprint density at radius 3 is 2.00 bits per heavy atom. The molecule has 4 aromatic rings. The molecule has 0 spiro atoms. The summed E-state index contributed by atoms with van der Waals surface area (Å²) in [5.41, 5.74) is 8.58. The van der Waals surface area contributed by atoms with Crippen LogP contribution >= 0.6 is 0 Å². The lowest BCUT2D eigenvalue weighted by Crippen LogP contribution is -2.50. The van der Waals surface area contributed by atoms with Crippen LogP contribution in [0, 0.1) is 6.92 Å². The number of hydrogen-bond donors (Lipinski definition) is 0. The van der Waals surface area contributed by atoms with Crippen molar-refractivity contribution in [2.75, 3.05) is 19.6 Å². The van der Waals surface area contributed by atoms with E-state index < -0.39 is 0 Å². The number of piperidine rings is 3. The van der Waals surface area contributed by atoms with E-state index in [9.17, 15) is 4.79 Å². The minimum atomic E-state index is 0.105. The van der Waals surface area contributed by atoms with E-state index in [1.165, 1.54) is 72.1 Å². The Balaban J connectivity index is 1.43. The van der Waals surface area contributed by atoms with Crippen molar-refractivity contribution < 1.29 is 4.79 Å². The van der Waals surface area contributed by atoms with Gasteiger partial charge in [0.05, 0.1) is 0 Å². The van der Waals surface area contributed by atoms with Gasteiger partial charge in [-0.25, -0.2) is 0 Å². The van der Waals surface area contributed by atoms with Crippen LogP contribution in [0.4, 0.5) is 0 Å². The van der Waals surface area contributed by atoms with Crippen LogP contribution in [0.2, 0.25) is 0 Å². The molecule has 0 saturated carbocycles. The molecular formula is C32H31NO. The molecule has 2 heteroatoms. The third-order valence-electron chi connectivity index (χ3n) is 8.27. The van der Waals surface area contributed by atoms with Crippen LogP contribution in [0.15, 0.2) is 78.9 Å². The monoisotopic (exact) mass is 445 g/mol. The molecule has 3 aliphatic heterocycles. The molecule has 0 aliphatic carbocycles. The van der Waals surface area contributed by atoms with Gasteiger partial charge in [-0.05, 0) is 115 Å². The van der Waals surface area contributed by atoms with Gasteiger partial charge in [-0.15, -0.1) is 0 Å². The van der Waals surface area contributed by atoms with Crippen molar-refractivity contribution in [2.45, 2.75) is 38.5 Å². The second-order valence-corrected chi connectivity index (χ2v) is 10.3. The zero-order chi connectivity index (χ0) is 23.3. The van der Waals surface area contributed by atoms with E-state index in [1.807, 2.05) is 6.07 Å².